The van der Waals surface area contributed by atoms with Gasteiger partial charge in [0.1, 0.15) is 6.61 Å². The van der Waals surface area contributed by atoms with Crippen molar-refractivity contribution in [2.24, 2.45) is 5.73 Å². The molecule has 0 aliphatic carbocycles. The summed E-state index contributed by atoms with van der Waals surface area (Å²) in [6.07, 6.45) is 5.14. The Morgan fingerprint density at radius 3 is 2.62 bits per heavy atom. The van der Waals surface area contributed by atoms with Gasteiger partial charge in [0.2, 0.25) is 6.79 Å². The van der Waals surface area contributed by atoms with E-state index in [1.807, 2.05) is 30.3 Å². The number of nitrogens with one attached hydrogen (secondary N) is 1. The van der Waals surface area contributed by atoms with Crippen molar-refractivity contribution in [2.45, 2.75) is 32.0 Å². The topological polar surface area (TPSA) is 75.0 Å². The molecule has 2 heterocycles. The molecular weight excluding hydrogens is 428 g/mol. The second-order valence-electron chi connectivity index (χ2n) is 8.68. The predicted molar refractivity (Wildman–Crippen MR) is 133 cm³/mol. The Balaban J connectivity index is 1.43. The standard InChI is InChI=1S/C28H30N2O4/c1-18-10-26-28(34-17-33-26)12-20(18)8-9-24-23-14-25(31-2)27(13-21(23)11-22(15-29)30-24)32-16-19-6-4-3-5-7-19/h3-10,12-14,22,24,30H,11,15-17,29H2,1-2H3/b9-8+. The van der Waals surface area contributed by atoms with E-state index in [-0.39, 0.29) is 18.9 Å². The summed E-state index contributed by atoms with van der Waals surface area (Å²) in [6.45, 7) is 3.39. The zero-order valence-electron chi connectivity index (χ0n) is 19.5. The Bertz CT molecular complexity index is 1190. The maximum absolute atomic E-state index is 6.15. The highest BCUT2D eigenvalue weighted by Gasteiger charge is 2.26. The van der Waals surface area contributed by atoms with Crippen molar-refractivity contribution in [1.29, 1.82) is 0 Å². The molecular formula is C28H30N2O4. The lowest BCUT2D eigenvalue weighted by molar-refractivity contribution is 0.174. The molecule has 34 heavy (non-hydrogen) atoms. The van der Waals surface area contributed by atoms with Gasteiger partial charge in [-0.2, -0.15) is 0 Å². The van der Waals surface area contributed by atoms with Crippen LogP contribution in [0, 0.1) is 6.92 Å². The largest absolute Gasteiger partial charge is 0.493 e. The summed E-state index contributed by atoms with van der Waals surface area (Å²) in [7, 11) is 1.68. The number of hydrogen-bond donors (Lipinski definition) is 2. The van der Waals surface area contributed by atoms with Crippen LogP contribution in [0.5, 0.6) is 23.0 Å². The molecule has 0 aromatic heterocycles. The van der Waals surface area contributed by atoms with Gasteiger partial charge in [-0.25, -0.2) is 0 Å². The van der Waals surface area contributed by atoms with Crippen molar-refractivity contribution in [3.8, 4) is 23.0 Å². The molecule has 176 valence electrons. The molecule has 0 radical (unpaired) electrons. The van der Waals surface area contributed by atoms with Crippen LogP contribution in [0.3, 0.4) is 0 Å². The second kappa shape index (κ2) is 9.79. The van der Waals surface area contributed by atoms with Crippen molar-refractivity contribution in [1.82, 2.24) is 5.32 Å². The molecule has 0 saturated carbocycles. The van der Waals surface area contributed by atoms with Gasteiger partial charge in [0, 0.05) is 12.6 Å². The Hall–Kier alpha value is -3.48. The van der Waals surface area contributed by atoms with E-state index in [1.165, 1.54) is 11.1 Å². The fourth-order valence-electron chi connectivity index (χ4n) is 4.51. The van der Waals surface area contributed by atoms with Gasteiger partial charge in [-0.05, 0) is 65.4 Å². The zero-order chi connectivity index (χ0) is 23.5. The number of aryl methyl sites for hydroxylation is 1. The minimum absolute atomic E-state index is 0.000744. The van der Waals surface area contributed by atoms with E-state index in [2.05, 4.69) is 48.7 Å². The van der Waals surface area contributed by atoms with Crippen molar-refractivity contribution in [3.63, 3.8) is 0 Å². The van der Waals surface area contributed by atoms with Crippen LogP contribution in [0.2, 0.25) is 0 Å². The van der Waals surface area contributed by atoms with Crippen LogP contribution in [0.15, 0.2) is 60.7 Å². The lowest BCUT2D eigenvalue weighted by Crippen LogP contribution is -2.43. The highest BCUT2D eigenvalue weighted by Crippen LogP contribution is 2.38. The fraction of sp³-hybridized carbons (Fsp3) is 0.286. The minimum Gasteiger partial charge on any atom is -0.493 e. The summed E-state index contributed by atoms with van der Waals surface area (Å²) in [4.78, 5) is 0. The highest BCUT2D eigenvalue weighted by atomic mass is 16.7. The molecule has 6 nitrogen and oxygen atoms in total. The van der Waals surface area contributed by atoms with Gasteiger partial charge in [-0.1, -0.05) is 42.5 Å². The molecule has 3 N–H and O–H groups in total. The third-order valence-electron chi connectivity index (χ3n) is 6.39. The Morgan fingerprint density at radius 1 is 1.06 bits per heavy atom. The first kappa shape index (κ1) is 22.3. The predicted octanol–water partition coefficient (Wildman–Crippen LogP) is 4.54. The summed E-state index contributed by atoms with van der Waals surface area (Å²) in [5.74, 6) is 3.05. The summed E-state index contributed by atoms with van der Waals surface area (Å²) >= 11 is 0. The highest BCUT2D eigenvalue weighted by molar-refractivity contribution is 5.62. The molecule has 3 aromatic rings. The van der Waals surface area contributed by atoms with E-state index in [0.717, 1.165) is 46.1 Å². The fourth-order valence-corrected chi connectivity index (χ4v) is 4.51. The second-order valence-corrected chi connectivity index (χ2v) is 8.68. The van der Waals surface area contributed by atoms with E-state index in [0.29, 0.717) is 13.2 Å². The van der Waals surface area contributed by atoms with Gasteiger partial charge in [0.05, 0.1) is 13.2 Å². The summed E-state index contributed by atoms with van der Waals surface area (Å²) in [5, 5.41) is 3.67. The van der Waals surface area contributed by atoms with Crippen LogP contribution < -0.4 is 30.0 Å². The average molecular weight is 459 g/mol. The maximum atomic E-state index is 6.15. The SMILES string of the molecule is COc1cc2c(cc1OCc1ccccc1)CC(CN)NC2/C=C/c1cc2c(cc1C)OCO2. The molecule has 0 bridgehead atoms. The van der Waals surface area contributed by atoms with Gasteiger partial charge < -0.3 is 30.0 Å². The molecule has 5 rings (SSSR count). The van der Waals surface area contributed by atoms with Crippen molar-refractivity contribution >= 4 is 6.08 Å². The molecule has 0 spiro atoms. The van der Waals surface area contributed by atoms with E-state index in [4.69, 9.17) is 24.7 Å². The molecule has 2 aliphatic heterocycles. The number of methoxy groups -OCH3 is 1. The van der Waals surface area contributed by atoms with Gasteiger partial charge in [-0.3, -0.25) is 0 Å². The number of ether oxygens (including phenoxy) is 4. The molecule has 2 atom stereocenters. The molecule has 2 unspecified atom stereocenters. The molecule has 0 amide bonds. The first-order valence-electron chi connectivity index (χ1n) is 11.6. The Morgan fingerprint density at radius 2 is 1.85 bits per heavy atom. The average Bonchev–Trinajstić information content (AvgIpc) is 3.32. The molecule has 6 heteroatoms. The van der Waals surface area contributed by atoms with E-state index < -0.39 is 0 Å². The molecule has 3 aromatic carbocycles. The molecule has 0 saturated heterocycles. The van der Waals surface area contributed by atoms with E-state index in [9.17, 15) is 0 Å². The van der Waals surface area contributed by atoms with E-state index >= 15 is 0 Å². The monoisotopic (exact) mass is 458 g/mol. The quantitative estimate of drug-likeness (QED) is 0.542. The van der Waals surface area contributed by atoms with Crippen molar-refractivity contribution in [3.05, 3.63) is 88.5 Å². The summed E-state index contributed by atoms with van der Waals surface area (Å²) < 4.78 is 22.9. The number of hydrogen-bond acceptors (Lipinski definition) is 6. The van der Waals surface area contributed by atoms with Gasteiger partial charge in [0.15, 0.2) is 23.0 Å². The van der Waals surface area contributed by atoms with E-state index in [1.54, 1.807) is 7.11 Å². The number of fused-ring (bicyclic) bond motifs is 2. The van der Waals surface area contributed by atoms with Crippen molar-refractivity contribution < 1.29 is 18.9 Å². The van der Waals surface area contributed by atoms with Crippen LogP contribution >= 0.6 is 0 Å². The lowest BCUT2D eigenvalue weighted by atomic mass is 9.89. The molecule has 0 fully saturated rings. The number of rotatable bonds is 7. The van der Waals surface area contributed by atoms with Crippen LogP contribution in [-0.2, 0) is 13.0 Å². The van der Waals surface area contributed by atoms with Gasteiger partial charge in [-0.15, -0.1) is 0 Å². The smallest absolute Gasteiger partial charge is 0.231 e. The lowest BCUT2D eigenvalue weighted by Gasteiger charge is -2.32. The zero-order valence-corrected chi connectivity index (χ0v) is 19.5. The minimum atomic E-state index is -0.000744. The number of nitrogens with two attached hydrogens (primary N) is 1. The molecule has 2 aliphatic rings. The van der Waals surface area contributed by atoms with Crippen LogP contribution in [0.4, 0.5) is 0 Å². The van der Waals surface area contributed by atoms with Gasteiger partial charge in [0.25, 0.3) is 0 Å². The Kier molecular flexibility index (Phi) is 6.43. The maximum Gasteiger partial charge on any atom is 0.231 e. The first-order chi connectivity index (χ1) is 16.6. The summed E-state index contributed by atoms with van der Waals surface area (Å²) in [6, 6.07) is 18.5. The van der Waals surface area contributed by atoms with Crippen LogP contribution in [0.1, 0.15) is 33.9 Å². The first-order valence-corrected chi connectivity index (χ1v) is 11.6. The van der Waals surface area contributed by atoms with Crippen molar-refractivity contribution in [2.75, 3.05) is 20.4 Å². The van der Waals surface area contributed by atoms with Crippen LogP contribution in [0.25, 0.3) is 6.08 Å². The normalized spacial score (nSPS) is 18.7. The van der Waals surface area contributed by atoms with Crippen LogP contribution in [-0.4, -0.2) is 26.5 Å². The van der Waals surface area contributed by atoms with Gasteiger partial charge >= 0.3 is 0 Å². The number of benzene rings is 3. The Labute approximate surface area is 200 Å². The third-order valence-corrected chi connectivity index (χ3v) is 6.39. The third kappa shape index (κ3) is 4.60. The summed E-state index contributed by atoms with van der Waals surface area (Å²) in [5.41, 5.74) is 11.8.